The van der Waals surface area contributed by atoms with E-state index in [0.29, 0.717) is 37.1 Å². The number of hydrogen-bond acceptors (Lipinski definition) is 6. The number of ether oxygens (including phenoxy) is 2. The van der Waals surface area contributed by atoms with Gasteiger partial charge in [-0.2, -0.15) is 0 Å². The number of rotatable bonds is 23. The zero-order valence-corrected chi connectivity index (χ0v) is 27.5. The van der Waals surface area contributed by atoms with Gasteiger partial charge >= 0.3 is 0 Å². The summed E-state index contributed by atoms with van der Waals surface area (Å²) in [6.07, 6.45) is 12.5. The second kappa shape index (κ2) is 19.7. The molecule has 0 spiro atoms. The van der Waals surface area contributed by atoms with Crippen LogP contribution in [0.4, 0.5) is 5.69 Å². The molecular weight excluding hydrogens is 588 g/mol. The molecule has 43 heavy (non-hydrogen) atoms. The Bertz CT molecular complexity index is 1190. The normalized spacial score (nSPS) is 13.7. The van der Waals surface area contributed by atoms with Crippen LogP contribution in [0.3, 0.4) is 0 Å². The maximum absolute atomic E-state index is 13.5. The molecule has 2 aromatic rings. The highest BCUT2D eigenvalue weighted by Crippen LogP contribution is 2.28. The number of methoxy groups -OCH3 is 1. The van der Waals surface area contributed by atoms with Crippen molar-refractivity contribution in [2.45, 2.75) is 101 Å². The number of sulfonamides is 1. The molecule has 0 fully saturated rings. The summed E-state index contributed by atoms with van der Waals surface area (Å²) >= 11 is 6.66. The molecule has 2 aromatic carbocycles. The van der Waals surface area contributed by atoms with Crippen molar-refractivity contribution in [2.75, 3.05) is 26.1 Å². The van der Waals surface area contributed by atoms with Crippen molar-refractivity contribution < 1.29 is 27.5 Å². The summed E-state index contributed by atoms with van der Waals surface area (Å²) in [6, 6.07) is 14.9. The first-order valence-corrected chi connectivity index (χ1v) is 17.4. The molecule has 2 N–H and O–H groups in total. The van der Waals surface area contributed by atoms with Crippen LogP contribution < -0.4 is 14.8 Å². The number of amides is 1. The van der Waals surface area contributed by atoms with Gasteiger partial charge in [0.1, 0.15) is 5.75 Å². The third-order valence-corrected chi connectivity index (χ3v) is 9.91. The lowest BCUT2D eigenvalue weighted by Crippen LogP contribution is -2.47. The van der Waals surface area contributed by atoms with E-state index < -0.39 is 32.0 Å². The van der Waals surface area contributed by atoms with E-state index in [4.69, 9.17) is 21.1 Å². The van der Waals surface area contributed by atoms with Crippen LogP contribution in [0.5, 0.6) is 5.75 Å². The molecule has 2 rings (SSSR count). The van der Waals surface area contributed by atoms with Gasteiger partial charge in [-0.3, -0.25) is 9.59 Å². The SMILES string of the molecule is CCCCCCCCCCCC(CCCCOC(Cl)(C(=O)Nc1ccccc1)C(=O)c1ccc(OC)cc1)S(=O)(=O)NC. The summed E-state index contributed by atoms with van der Waals surface area (Å²) in [6.45, 7) is 2.21. The Labute approximate surface area is 263 Å². The highest BCUT2D eigenvalue weighted by atomic mass is 35.5. The fourth-order valence-corrected chi connectivity index (χ4v) is 6.41. The molecule has 0 heterocycles. The molecule has 0 aromatic heterocycles. The Morgan fingerprint density at radius 2 is 1.40 bits per heavy atom. The third kappa shape index (κ3) is 12.6. The van der Waals surface area contributed by atoms with Gasteiger partial charge in [-0.05, 0) is 69.1 Å². The van der Waals surface area contributed by atoms with Crippen molar-refractivity contribution in [1.82, 2.24) is 4.72 Å². The topological polar surface area (TPSA) is 111 Å². The van der Waals surface area contributed by atoms with Gasteiger partial charge in [0.05, 0.1) is 12.4 Å². The van der Waals surface area contributed by atoms with Crippen LogP contribution in [-0.4, -0.2) is 51.2 Å². The minimum absolute atomic E-state index is 0.00203. The number of carbonyl (C=O) groups excluding carboxylic acids is 2. The molecule has 2 atom stereocenters. The number of nitrogens with one attached hydrogen (secondary N) is 2. The fraction of sp³-hybridized carbons (Fsp3) is 0.576. The monoisotopic (exact) mass is 636 g/mol. The van der Waals surface area contributed by atoms with Crippen LogP contribution in [0.15, 0.2) is 54.6 Å². The number of benzene rings is 2. The number of ketones is 1. The number of alkyl halides is 1. The second-order valence-corrected chi connectivity index (χ2v) is 13.5. The number of halogens is 1. The first-order valence-electron chi connectivity index (χ1n) is 15.5. The Balaban J connectivity index is 1.95. The largest absolute Gasteiger partial charge is 0.497 e. The minimum atomic E-state index is -3.43. The number of anilines is 1. The maximum atomic E-state index is 13.5. The molecule has 1 amide bonds. The molecule has 0 aliphatic heterocycles. The molecule has 0 aliphatic carbocycles. The number of Topliss-reactive ketones (excluding diaryl/α,β-unsaturated/α-hetero) is 1. The lowest BCUT2D eigenvalue weighted by Gasteiger charge is -2.25. The van der Waals surface area contributed by atoms with Gasteiger partial charge in [-0.1, -0.05) is 94.5 Å². The highest BCUT2D eigenvalue weighted by Gasteiger charge is 2.46. The summed E-state index contributed by atoms with van der Waals surface area (Å²) in [7, 11) is -0.472. The van der Waals surface area contributed by atoms with Gasteiger partial charge in [0.2, 0.25) is 15.8 Å². The van der Waals surface area contributed by atoms with Crippen molar-refractivity contribution in [2.24, 2.45) is 0 Å². The molecule has 0 bridgehead atoms. The summed E-state index contributed by atoms with van der Waals surface area (Å²) in [5.74, 6) is -0.951. The molecule has 10 heteroatoms. The predicted molar refractivity (Wildman–Crippen MR) is 174 cm³/mol. The maximum Gasteiger partial charge on any atom is 0.285 e. The van der Waals surface area contributed by atoms with E-state index in [1.54, 1.807) is 42.5 Å². The van der Waals surface area contributed by atoms with E-state index in [2.05, 4.69) is 17.0 Å². The summed E-state index contributed by atoms with van der Waals surface area (Å²) < 4.78 is 38.8. The first kappa shape index (κ1) is 36.7. The van der Waals surface area contributed by atoms with Gasteiger partial charge in [-0.25, -0.2) is 13.1 Å². The Kier molecular flexibility index (Phi) is 16.9. The Hall–Kier alpha value is -2.46. The lowest BCUT2D eigenvalue weighted by molar-refractivity contribution is -0.128. The molecule has 2 unspecified atom stereocenters. The molecular formula is C33H49ClN2O6S. The fourth-order valence-electron chi connectivity index (χ4n) is 4.89. The summed E-state index contributed by atoms with van der Waals surface area (Å²) in [5.41, 5.74) is 0.667. The molecule has 8 nitrogen and oxygen atoms in total. The van der Waals surface area contributed by atoms with Gasteiger partial charge < -0.3 is 14.8 Å². The van der Waals surface area contributed by atoms with Gasteiger partial charge in [0, 0.05) is 17.9 Å². The average Bonchev–Trinajstić information content (AvgIpc) is 3.02. The lowest BCUT2D eigenvalue weighted by atomic mass is 10.0. The van der Waals surface area contributed by atoms with Crippen molar-refractivity contribution in [3.05, 3.63) is 60.2 Å². The Morgan fingerprint density at radius 3 is 1.95 bits per heavy atom. The van der Waals surface area contributed by atoms with Crippen LogP contribution in [0.25, 0.3) is 0 Å². The van der Waals surface area contributed by atoms with Crippen LogP contribution in [-0.2, 0) is 19.6 Å². The molecule has 0 saturated carbocycles. The minimum Gasteiger partial charge on any atom is -0.497 e. The smallest absolute Gasteiger partial charge is 0.285 e. The molecule has 0 saturated heterocycles. The van der Waals surface area contributed by atoms with Crippen LogP contribution in [0.1, 0.15) is 101 Å². The van der Waals surface area contributed by atoms with Crippen molar-refractivity contribution in [3.63, 3.8) is 0 Å². The van der Waals surface area contributed by atoms with Crippen molar-refractivity contribution in [1.29, 1.82) is 0 Å². The van der Waals surface area contributed by atoms with Crippen LogP contribution in [0.2, 0.25) is 0 Å². The average molecular weight is 637 g/mol. The van der Waals surface area contributed by atoms with Gasteiger partial charge in [0.25, 0.3) is 11.0 Å². The van der Waals surface area contributed by atoms with Crippen molar-refractivity contribution in [3.8, 4) is 5.75 Å². The van der Waals surface area contributed by atoms with E-state index in [1.807, 2.05) is 0 Å². The predicted octanol–water partition coefficient (Wildman–Crippen LogP) is 7.48. The quantitative estimate of drug-likeness (QED) is 0.0566. The van der Waals surface area contributed by atoms with Gasteiger partial charge in [-0.15, -0.1) is 0 Å². The standard InChI is InChI=1S/C33H49ClN2O6S/c1-4-5-6-7-8-9-10-11-15-20-30(43(39,40)35-2)21-16-17-26-42-33(34,32(38)36-28-18-13-12-14-19-28)31(37)27-22-24-29(41-3)25-23-27/h12-14,18-19,22-25,30,35H,4-11,15-17,20-21,26H2,1-3H3,(H,36,38). The first-order chi connectivity index (χ1) is 20.7. The third-order valence-electron chi connectivity index (χ3n) is 7.54. The number of carbonyl (C=O) groups is 2. The van der Waals surface area contributed by atoms with E-state index in [1.165, 1.54) is 64.8 Å². The zero-order valence-electron chi connectivity index (χ0n) is 25.9. The van der Waals surface area contributed by atoms with E-state index in [0.717, 1.165) is 19.3 Å². The highest BCUT2D eigenvalue weighted by molar-refractivity contribution is 7.90. The Morgan fingerprint density at radius 1 is 0.837 bits per heavy atom. The van der Waals surface area contributed by atoms with E-state index in [9.17, 15) is 18.0 Å². The van der Waals surface area contributed by atoms with Gasteiger partial charge in [0.15, 0.2) is 0 Å². The zero-order chi connectivity index (χ0) is 31.6. The van der Waals surface area contributed by atoms with Crippen LogP contribution >= 0.6 is 11.6 Å². The number of para-hydroxylation sites is 1. The van der Waals surface area contributed by atoms with Crippen LogP contribution in [0, 0.1) is 0 Å². The molecule has 0 radical (unpaired) electrons. The van der Waals surface area contributed by atoms with Crippen molar-refractivity contribution >= 4 is 39.0 Å². The van der Waals surface area contributed by atoms with E-state index in [-0.39, 0.29) is 12.2 Å². The van der Waals surface area contributed by atoms with E-state index >= 15 is 0 Å². The summed E-state index contributed by atoms with van der Waals surface area (Å²) in [5, 5.41) is -0.154. The summed E-state index contributed by atoms with van der Waals surface area (Å²) in [4.78, 5) is 26.7. The second-order valence-electron chi connectivity index (χ2n) is 10.8. The molecule has 240 valence electrons. The number of unbranched alkanes of at least 4 members (excludes halogenated alkanes) is 9. The number of hydrogen-bond donors (Lipinski definition) is 2. The molecule has 0 aliphatic rings.